The van der Waals surface area contributed by atoms with Crippen LogP contribution in [0.25, 0.3) is 4.91 Å². The molecule has 0 heterocycles. The Bertz CT molecular complexity index is 931. The molecular weight excluding hydrogens is 394 g/mol. The lowest BCUT2D eigenvalue weighted by Crippen LogP contribution is -2.44. The molecule has 0 spiro atoms. The summed E-state index contributed by atoms with van der Waals surface area (Å²) < 4.78 is 103. The Labute approximate surface area is 152 Å². The van der Waals surface area contributed by atoms with Gasteiger partial charge in [0.25, 0.3) is 12.1 Å². The number of hydrogen-bond acceptors (Lipinski definition) is 2. The van der Waals surface area contributed by atoms with E-state index in [-0.39, 0.29) is 10.5 Å². The van der Waals surface area contributed by atoms with E-state index in [1.165, 1.54) is 12.1 Å². The molecule has 0 saturated heterocycles. The molecule has 2 rings (SSSR count). The third-order valence-electron chi connectivity index (χ3n) is 4.00. The Balaban J connectivity index is 2.42. The predicted molar refractivity (Wildman–Crippen MR) is 88.7 cm³/mol. The van der Waals surface area contributed by atoms with E-state index in [2.05, 4.69) is 6.58 Å². The van der Waals surface area contributed by atoms with Crippen LogP contribution in [0.2, 0.25) is 0 Å². The van der Waals surface area contributed by atoms with E-state index >= 15 is 0 Å². The summed E-state index contributed by atoms with van der Waals surface area (Å²) in [4.78, 5) is -0.545. The highest BCUT2D eigenvalue weighted by Crippen LogP contribution is 2.47. The third kappa shape index (κ3) is 3.73. The fourth-order valence-corrected chi connectivity index (χ4v) is 3.55. The van der Waals surface area contributed by atoms with Crippen LogP contribution in [0.3, 0.4) is 0 Å². The molecule has 0 bridgehead atoms. The average molecular weight is 408 g/mol. The largest absolute Gasteiger partial charge is 0.432 e. The number of hydrogen-bond donors (Lipinski definition) is 0. The SMILES string of the molecule is C=C(c1ccc(C(F)(C(F)F)C(F)(F)F)cc1)S(=O)(=O)c1ccc(C)cc1. The lowest BCUT2D eigenvalue weighted by atomic mass is 9.94. The molecule has 0 saturated carbocycles. The lowest BCUT2D eigenvalue weighted by molar-refractivity contribution is -0.274. The summed E-state index contributed by atoms with van der Waals surface area (Å²) in [5.74, 6) is 0. The van der Waals surface area contributed by atoms with Gasteiger partial charge in [-0.3, -0.25) is 0 Å². The van der Waals surface area contributed by atoms with E-state index in [4.69, 9.17) is 0 Å². The van der Waals surface area contributed by atoms with Crippen molar-refractivity contribution in [2.75, 3.05) is 0 Å². The van der Waals surface area contributed by atoms with Crippen molar-refractivity contribution in [3.05, 3.63) is 71.8 Å². The quantitative estimate of drug-likeness (QED) is 0.618. The maximum absolute atomic E-state index is 14.0. The lowest BCUT2D eigenvalue weighted by Gasteiger charge is -2.27. The Kier molecular flexibility index (Phi) is 5.47. The molecule has 0 aliphatic heterocycles. The molecule has 0 fully saturated rings. The van der Waals surface area contributed by atoms with E-state index in [1.807, 2.05) is 0 Å². The van der Waals surface area contributed by atoms with E-state index in [0.29, 0.717) is 12.1 Å². The molecule has 9 heteroatoms. The fourth-order valence-electron chi connectivity index (χ4n) is 2.33. The molecule has 2 nitrogen and oxygen atoms in total. The van der Waals surface area contributed by atoms with Crippen molar-refractivity contribution in [3.8, 4) is 0 Å². The highest BCUT2D eigenvalue weighted by Gasteiger charge is 2.63. The van der Waals surface area contributed by atoms with E-state index < -0.39 is 38.6 Å². The molecule has 146 valence electrons. The molecule has 0 aliphatic rings. The van der Waals surface area contributed by atoms with Gasteiger partial charge in [-0.2, -0.15) is 13.2 Å². The van der Waals surface area contributed by atoms with Gasteiger partial charge in [0.1, 0.15) is 0 Å². The number of halogens is 6. The molecule has 1 atom stereocenters. The Morgan fingerprint density at radius 2 is 1.41 bits per heavy atom. The zero-order valence-electron chi connectivity index (χ0n) is 13.9. The number of rotatable bonds is 5. The Morgan fingerprint density at radius 1 is 0.926 bits per heavy atom. The minimum atomic E-state index is -5.84. The molecule has 1 unspecified atom stereocenters. The van der Waals surface area contributed by atoms with Gasteiger partial charge in [0.2, 0.25) is 9.84 Å². The van der Waals surface area contributed by atoms with Crippen molar-refractivity contribution >= 4 is 14.7 Å². The van der Waals surface area contributed by atoms with Crippen LogP contribution in [-0.2, 0) is 15.5 Å². The van der Waals surface area contributed by atoms with Crippen LogP contribution in [0.1, 0.15) is 16.7 Å². The topological polar surface area (TPSA) is 34.1 Å². The number of aryl methyl sites for hydroxylation is 1. The van der Waals surface area contributed by atoms with Gasteiger partial charge in [0.15, 0.2) is 0 Å². The second-order valence-electron chi connectivity index (χ2n) is 5.83. The zero-order chi connectivity index (χ0) is 20.6. The molecule has 0 amide bonds. The second kappa shape index (κ2) is 7.03. The summed E-state index contributed by atoms with van der Waals surface area (Å²) in [6, 6.07) is 8.33. The number of benzene rings is 2. The first-order valence-electron chi connectivity index (χ1n) is 7.47. The van der Waals surface area contributed by atoms with Crippen molar-refractivity contribution < 1.29 is 34.8 Å². The summed E-state index contributed by atoms with van der Waals surface area (Å²) in [7, 11) is -4.06. The molecule has 0 aromatic heterocycles. The monoisotopic (exact) mass is 408 g/mol. The summed E-state index contributed by atoms with van der Waals surface area (Å²) >= 11 is 0. The summed E-state index contributed by atoms with van der Waals surface area (Å²) in [5.41, 5.74) is -5.52. The predicted octanol–water partition coefficient (Wildman–Crippen LogP) is 5.43. The van der Waals surface area contributed by atoms with Crippen molar-refractivity contribution in [1.29, 1.82) is 0 Å². The molecule has 0 radical (unpaired) electrons. The van der Waals surface area contributed by atoms with Gasteiger partial charge < -0.3 is 0 Å². The van der Waals surface area contributed by atoms with Crippen LogP contribution in [0.15, 0.2) is 60.0 Å². The van der Waals surface area contributed by atoms with Crippen LogP contribution in [0, 0.1) is 6.92 Å². The van der Waals surface area contributed by atoms with Crippen LogP contribution in [0.4, 0.5) is 26.3 Å². The maximum Gasteiger partial charge on any atom is 0.432 e. The molecular formula is C18H14F6O2S. The van der Waals surface area contributed by atoms with Gasteiger partial charge in [-0.15, -0.1) is 0 Å². The van der Waals surface area contributed by atoms with Crippen LogP contribution < -0.4 is 0 Å². The van der Waals surface area contributed by atoms with Gasteiger partial charge in [-0.05, 0) is 24.6 Å². The molecule has 27 heavy (non-hydrogen) atoms. The van der Waals surface area contributed by atoms with E-state index in [9.17, 15) is 34.8 Å². The average Bonchev–Trinajstić information content (AvgIpc) is 2.59. The maximum atomic E-state index is 14.0. The minimum Gasteiger partial charge on any atom is -0.222 e. The van der Waals surface area contributed by atoms with Gasteiger partial charge in [0, 0.05) is 5.56 Å². The number of sulfone groups is 1. The van der Waals surface area contributed by atoms with Crippen LogP contribution in [0.5, 0.6) is 0 Å². The first-order valence-corrected chi connectivity index (χ1v) is 8.95. The van der Waals surface area contributed by atoms with E-state index in [0.717, 1.165) is 17.7 Å². The Hall–Kier alpha value is -2.29. The highest BCUT2D eigenvalue weighted by atomic mass is 32.2. The highest BCUT2D eigenvalue weighted by molar-refractivity contribution is 8.00. The summed E-state index contributed by atoms with van der Waals surface area (Å²) in [5, 5.41) is 0. The third-order valence-corrected chi connectivity index (χ3v) is 5.77. The van der Waals surface area contributed by atoms with E-state index in [1.54, 1.807) is 19.1 Å². The van der Waals surface area contributed by atoms with Gasteiger partial charge in [-0.25, -0.2) is 21.6 Å². The first kappa shape index (κ1) is 21.0. The standard InChI is InChI=1S/C18H14F6O2S/c1-11-3-9-15(10-4-11)27(25,26)12(2)13-5-7-14(8-6-13)17(21,16(19)20)18(22,23)24/h3-10,16H,2H2,1H3. The number of alkyl halides is 6. The van der Waals surface area contributed by atoms with Crippen LogP contribution >= 0.6 is 0 Å². The second-order valence-corrected chi connectivity index (χ2v) is 7.80. The zero-order valence-corrected chi connectivity index (χ0v) is 14.7. The van der Waals surface area contributed by atoms with Crippen molar-refractivity contribution in [2.45, 2.75) is 30.1 Å². The van der Waals surface area contributed by atoms with Gasteiger partial charge in [0.05, 0.1) is 9.80 Å². The fraction of sp³-hybridized carbons (Fsp3) is 0.222. The Morgan fingerprint density at radius 3 is 1.81 bits per heavy atom. The van der Waals surface area contributed by atoms with Crippen molar-refractivity contribution in [3.63, 3.8) is 0 Å². The summed E-state index contributed by atoms with van der Waals surface area (Å²) in [6.07, 6.45) is -10.2. The molecule has 2 aromatic rings. The first-order chi connectivity index (χ1) is 12.3. The molecule has 2 aromatic carbocycles. The summed E-state index contributed by atoms with van der Waals surface area (Å²) in [6.45, 7) is 5.17. The molecule has 0 N–H and O–H groups in total. The molecule has 0 aliphatic carbocycles. The normalized spacial score (nSPS) is 14.8. The van der Waals surface area contributed by atoms with Crippen LogP contribution in [-0.4, -0.2) is 21.0 Å². The van der Waals surface area contributed by atoms with Gasteiger partial charge in [-0.1, -0.05) is 48.5 Å². The van der Waals surface area contributed by atoms with Crippen molar-refractivity contribution in [1.82, 2.24) is 0 Å². The minimum absolute atomic E-state index is 0.0927. The van der Waals surface area contributed by atoms with Gasteiger partial charge >= 0.3 is 6.18 Å². The smallest absolute Gasteiger partial charge is 0.222 e. The van der Waals surface area contributed by atoms with Crippen molar-refractivity contribution in [2.24, 2.45) is 0 Å².